The van der Waals surface area contributed by atoms with Crippen LogP contribution < -0.4 is 5.32 Å². The van der Waals surface area contributed by atoms with Gasteiger partial charge in [-0.3, -0.25) is 4.79 Å². The minimum absolute atomic E-state index is 0.00208. The Morgan fingerprint density at radius 1 is 1.55 bits per heavy atom. The van der Waals surface area contributed by atoms with Crippen molar-refractivity contribution in [3.05, 3.63) is 0 Å². The molecule has 3 heteroatoms. The number of nitrogens with one attached hydrogen (secondary N) is 1. The van der Waals surface area contributed by atoms with Crippen LogP contribution >= 0.6 is 0 Å². The third-order valence-electron chi connectivity index (χ3n) is 1.67. The lowest BCUT2D eigenvalue weighted by atomic mass is 10.1. The van der Waals surface area contributed by atoms with Crippen LogP contribution in [0.4, 0.5) is 0 Å². The van der Waals surface area contributed by atoms with Gasteiger partial charge in [-0.1, -0.05) is 20.8 Å². The van der Waals surface area contributed by atoms with Crippen molar-refractivity contribution >= 4 is 5.91 Å². The van der Waals surface area contributed by atoms with Crippen molar-refractivity contribution in [1.82, 2.24) is 5.32 Å². The second-order valence-corrected chi connectivity index (χ2v) is 2.95. The van der Waals surface area contributed by atoms with Gasteiger partial charge in [-0.25, -0.2) is 0 Å². The molecule has 0 aliphatic rings. The van der Waals surface area contributed by atoms with Crippen LogP contribution in [-0.2, 0) is 4.79 Å². The summed E-state index contributed by atoms with van der Waals surface area (Å²) in [7, 11) is 0. The molecular formula is C8H17NO2. The summed E-state index contributed by atoms with van der Waals surface area (Å²) in [6.45, 7) is 5.75. The van der Waals surface area contributed by atoms with Crippen LogP contribution in [-0.4, -0.2) is 23.7 Å². The molecule has 1 amide bonds. The van der Waals surface area contributed by atoms with Crippen molar-refractivity contribution in [3.8, 4) is 0 Å². The molecule has 0 aromatic carbocycles. The van der Waals surface area contributed by atoms with E-state index in [1.54, 1.807) is 6.92 Å². The fourth-order valence-corrected chi connectivity index (χ4v) is 0.732. The van der Waals surface area contributed by atoms with E-state index in [-0.39, 0.29) is 24.5 Å². The maximum Gasteiger partial charge on any atom is 0.220 e. The summed E-state index contributed by atoms with van der Waals surface area (Å²) in [6, 6.07) is -0.0950. The predicted octanol–water partition coefficient (Wildman–Crippen LogP) is 0.529. The number of carbonyl (C=O) groups excluding carboxylic acids is 1. The average molecular weight is 159 g/mol. The maximum absolute atomic E-state index is 10.9. The van der Waals surface area contributed by atoms with Crippen LogP contribution in [0.1, 0.15) is 27.2 Å². The number of carbonyl (C=O) groups is 1. The van der Waals surface area contributed by atoms with Gasteiger partial charge in [-0.15, -0.1) is 0 Å². The first-order valence-corrected chi connectivity index (χ1v) is 4.02. The number of aliphatic hydroxyl groups is 1. The van der Waals surface area contributed by atoms with Crippen molar-refractivity contribution in [2.75, 3.05) is 6.61 Å². The van der Waals surface area contributed by atoms with Gasteiger partial charge in [0.1, 0.15) is 0 Å². The van der Waals surface area contributed by atoms with Crippen molar-refractivity contribution in [2.24, 2.45) is 5.92 Å². The predicted molar refractivity (Wildman–Crippen MR) is 44.1 cm³/mol. The molecule has 0 bridgehead atoms. The Morgan fingerprint density at radius 2 is 2.09 bits per heavy atom. The smallest absolute Gasteiger partial charge is 0.220 e. The van der Waals surface area contributed by atoms with Gasteiger partial charge in [-0.05, 0) is 5.92 Å². The normalized spacial score (nSPS) is 13.2. The minimum Gasteiger partial charge on any atom is -0.394 e. The second-order valence-electron chi connectivity index (χ2n) is 2.95. The van der Waals surface area contributed by atoms with Crippen molar-refractivity contribution in [3.63, 3.8) is 0 Å². The van der Waals surface area contributed by atoms with Crippen molar-refractivity contribution < 1.29 is 9.90 Å². The van der Waals surface area contributed by atoms with Gasteiger partial charge in [-0.2, -0.15) is 0 Å². The molecule has 0 fully saturated rings. The quantitative estimate of drug-likeness (QED) is 0.628. The highest BCUT2D eigenvalue weighted by Crippen LogP contribution is 2.00. The summed E-state index contributed by atoms with van der Waals surface area (Å²) in [5.41, 5.74) is 0. The zero-order chi connectivity index (χ0) is 8.85. The van der Waals surface area contributed by atoms with Crippen LogP contribution in [0.25, 0.3) is 0 Å². The summed E-state index contributed by atoms with van der Waals surface area (Å²) in [4.78, 5) is 10.9. The maximum atomic E-state index is 10.9. The van der Waals surface area contributed by atoms with E-state index in [9.17, 15) is 4.79 Å². The Kier molecular flexibility index (Phi) is 4.86. The molecule has 0 aromatic heterocycles. The Morgan fingerprint density at radius 3 is 2.36 bits per heavy atom. The first kappa shape index (κ1) is 10.4. The van der Waals surface area contributed by atoms with Gasteiger partial charge < -0.3 is 10.4 Å². The van der Waals surface area contributed by atoms with Gasteiger partial charge in [0.2, 0.25) is 5.91 Å². The van der Waals surface area contributed by atoms with Gasteiger partial charge in [0, 0.05) is 6.42 Å². The van der Waals surface area contributed by atoms with Crippen LogP contribution in [0.3, 0.4) is 0 Å². The van der Waals surface area contributed by atoms with E-state index in [1.807, 2.05) is 13.8 Å². The van der Waals surface area contributed by atoms with Gasteiger partial charge in [0.05, 0.1) is 12.6 Å². The summed E-state index contributed by atoms with van der Waals surface area (Å²) < 4.78 is 0. The Labute approximate surface area is 67.8 Å². The van der Waals surface area contributed by atoms with E-state index in [0.717, 1.165) is 0 Å². The topological polar surface area (TPSA) is 49.3 Å². The van der Waals surface area contributed by atoms with Gasteiger partial charge in [0.25, 0.3) is 0 Å². The minimum atomic E-state index is -0.0950. The van der Waals surface area contributed by atoms with Crippen LogP contribution in [0.5, 0.6) is 0 Å². The number of amides is 1. The lowest BCUT2D eigenvalue weighted by molar-refractivity contribution is -0.122. The first-order valence-electron chi connectivity index (χ1n) is 4.02. The van der Waals surface area contributed by atoms with Crippen LogP contribution in [0.2, 0.25) is 0 Å². The van der Waals surface area contributed by atoms with Crippen LogP contribution in [0, 0.1) is 5.92 Å². The zero-order valence-corrected chi connectivity index (χ0v) is 7.42. The molecule has 1 atom stereocenters. The highest BCUT2D eigenvalue weighted by atomic mass is 16.3. The standard InChI is InChI=1S/C8H17NO2/c1-4-8(11)9-7(5-10)6(2)3/h6-7,10H,4-5H2,1-3H3,(H,9,11)/t7-/m1/s1. The number of hydrogen-bond acceptors (Lipinski definition) is 2. The molecule has 0 unspecified atom stereocenters. The summed E-state index contributed by atoms with van der Waals surface area (Å²) in [6.07, 6.45) is 0.475. The molecule has 0 aromatic rings. The molecular weight excluding hydrogens is 142 g/mol. The van der Waals surface area contributed by atoms with Crippen molar-refractivity contribution in [1.29, 1.82) is 0 Å². The molecule has 0 rings (SSSR count). The summed E-state index contributed by atoms with van der Waals surface area (Å²) in [5.74, 6) is 0.285. The Bertz CT molecular complexity index is 123. The van der Waals surface area contributed by atoms with Gasteiger partial charge in [0.15, 0.2) is 0 Å². The van der Waals surface area contributed by atoms with E-state index in [2.05, 4.69) is 5.32 Å². The lowest BCUT2D eigenvalue weighted by Crippen LogP contribution is -2.40. The molecule has 0 saturated heterocycles. The molecule has 0 saturated carbocycles. The fourth-order valence-electron chi connectivity index (χ4n) is 0.732. The number of aliphatic hydroxyl groups excluding tert-OH is 1. The zero-order valence-electron chi connectivity index (χ0n) is 7.42. The second kappa shape index (κ2) is 5.13. The van der Waals surface area contributed by atoms with Gasteiger partial charge >= 0.3 is 0 Å². The molecule has 2 N–H and O–H groups in total. The van der Waals surface area contributed by atoms with Crippen LogP contribution in [0.15, 0.2) is 0 Å². The highest BCUT2D eigenvalue weighted by molar-refractivity contribution is 5.75. The summed E-state index contributed by atoms with van der Waals surface area (Å²) in [5, 5.41) is 11.6. The van der Waals surface area contributed by atoms with E-state index in [4.69, 9.17) is 5.11 Å². The Balaban J connectivity index is 3.78. The number of rotatable bonds is 4. The van der Waals surface area contributed by atoms with E-state index in [1.165, 1.54) is 0 Å². The lowest BCUT2D eigenvalue weighted by Gasteiger charge is -2.19. The van der Waals surface area contributed by atoms with E-state index < -0.39 is 0 Å². The molecule has 0 aliphatic carbocycles. The third-order valence-corrected chi connectivity index (χ3v) is 1.67. The van der Waals surface area contributed by atoms with E-state index >= 15 is 0 Å². The molecule has 0 heterocycles. The molecule has 0 radical (unpaired) electrons. The third kappa shape index (κ3) is 3.98. The average Bonchev–Trinajstić information content (AvgIpc) is 1.99. The van der Waals surface area contributed by atoms with Crippen molar-refractivity contribution in [2.45, 2.75) is 33.2 Å². The largest absolute Gasteiger partial charge is 0.394 e. The molecule has 0 spiro atoms. The molecule has 11 heavy (non-hydrogen) atoms. The molecule has 66 valence electrons. The fraction of sp³-hybridized carbons (Fsp3) is 0.875. The SMILES string of the molecule is CCC(=O)N[C@H](CO)C(C)C. The molecule has 0 aliphatic heterocycles. The summed E-state index contributed by atoms with van der Waals surface area (Å²) >= 11 is 0. The number of hydrogen-bond donors (Lipinski definition) is 2. The Hall–Kier alpha value is -0.570. The highest BCUT2D eigenvalue weighted by Gasteiger charge is 2.13. The first-order chi connectivity index (χ1) is 5.11. The monoisotopic (exact) mass is 159 g/mol. The van der Waals surface area contributed by atoms with E-state index in [0.29, 0.717) is 6.42 Å². The molecule has 3 nitrogen and oxygen atoms in total.